The number of benzene rings is 1. The van der Waals surface area contributed by atoms with Crippen LogP contribution in [-0.4, -0.2) is 28.5 Å². The van der Waals surface area contributed by atoms with Crippen molar-refractivity contribution < 1.29 is 9.66 Å². The van der Waals surface area contributed by atoms with Gasteiger partial charge in [-0.15, -0.1) is 0 Å². The van der Waals surface area contributed by atoms with Crippen LogP contribution in [0.5, 0.6) is 0 Å². The minimum Gasteiger partial charge on any atom is -0.482 e. The zero-order valence-electron chi connectivity index (χ0n) is 17.8. The first-order chi connectivity index (χ1) is 13.8. The van der Waals surface area contributed by atoms with E-state index in [0.717, 1.165) is 61.2 Å². The Morgan fingerprint density at radius 1 is 1.17 bits per heavy atom. The molecule has 3 rings (SSSR count). The van der Waals surface area contributed by atoms with Gasteiger partial charge in [-0.05, 0) is 39.3 Å². The van der Waals surface area contributed by atoms with Crippen LogP contribution in [-0.2, 0) is 11.3 Å². The second kappa shape index (κ2) is 8.78. The smallest absolute Gasteiger partial charge is 0.237 e. The SMILES string of the molecule is CC(C)=C1C=CC2(CCN(Cc3ccccc3)CC2)O/C1=C(C)/C(C)=C/[N+](=O)[O-]. The summed E-state index contributed by atoms with van der Waals surface area (Å²) in [5.41, 5.74) is 4.60. The predicted octanol–water partition coefficient (Wildman–Crippen LogP) is 5.40. The van der Waals surface area contributed by atoms with Crippen molar-refractivity contribution in [2.24, 2.45) is 0 Å². The monoisotopic (exact) mass is 394 g/mol. The van der Waals surface area contributed by atoms with Crippen molar-refractivity contribution in [3.05, 3.63) is 92.4 Å². The van der Waals surface area contributed by atoms with Crippen molar-refractivity contribution in [3.8, 4) is 0 Å². The van der Waals surface area contributed by atoms with E-state index in [9.17, 15) is 10.1 Å². The van der Waals surface area contributed by atoms with Crippen LogP contribution in [0, 0.1) is 10.1 Å². The molecule has 2 heterocycles. The van der Waals surface area contributed by atoms with E-state index in [2.05, 4.69) is 41.3 Å². The third-order valence-corrected chi connectivity index (χ3v) is 5.82. The first-order valence-electron chi connectivity index (χ1n) is 10.2. The minimum absolute atomic E-state index is 0.336. The summed E-state index contributed by atoms with van der Waals surface area (Å²) < 4.78 is 6.60. The molecule has 154 valence electrons. The summed E-state index contributed by atoms with van der Waals surface area (Å²) in [5.74, 6) is 0.777. The molecule has 1 fully saturated rings. The molecule has 2 aliphatic heterocycles. The molecule has 2 aliphatic rings. The van der Waals surface area contributed by atoms with E-state index in [1.165, 1.54) is 5.56 Å². The Morgan fingerprint density at radius 2 is 1.83 bits per heavy atom. The molecule has 0 saturated carbocycles. The van der Waals surface area contributed by atoms with E-state index in [4.69, 9.17) is 4.74 Å². The van der Waals surface area contributed by atoms with Gasteiger partial charge in [-0.25, -0.2) is 0 Å². The Balaban J connectivity index is 1.81. The lowest BCUT2D eigenvalue weighted by atomic mass is 9.86. The molecule has 0 aromatic heterocycles. The zero-order chi connectivity index (χ0) is 21.0. The molecule has 1 saturated heterocycles. The summed E-state index contributed by atoms with van der Waals surface area (Å²) in [5, 5.41) is 10.9. The summed E-state index contributed by atoms with van der Waals surface area (Å²) in [4.78, 5) is 13.0. The van der Waals surface area contributed by atoms with Gasteiger partial charge in [-0.1, -0.05) is 42.0 Å². The number of likely N-dealkylation sites (tertiary alicyclic amines) is 1. The second-order valence-electron chi connectivity index (χ2n) is 8.23. The molecular weight excluding hydrogens is 364 g/mol. The second-order valence-corrected chi connectivity index (χ2v) is 8.23. The number of nitrogens with zero attached hydrogens (tertiary/aromatic N) is 2. The highest BCUT2D eigenvalue weighted by atomic mass is 16.6. The van der Waals surface area contributed by atoms with Crippen LogP contribution < -0.4 is 0 Å². The van der Waals surface area contributed by atoms with Gasteiger partial charge in [0.05, 0.1) is 4.92 Å². The molecule has 29 heavy (non-hydrogen) atoms. The average molecular weight is 395 g/mol. The molecular formula is C24H30N2O3. The lowest BCUT2D eigenvalue weighted by Crippen LogP contribution is -2.45. The van der Waals surface area contributed by atoms with Crippen LogP contribution >= 0.6 is 0 Å². The zero-order valence-corrected chi connectivity index (χ0v) is 17.8. The summed E-state index contributed by atoms with van der Waals surface area (Å²) in [6, 6.07) is 10.5. The Labute approximate surface area is 173 Å². The van der Waals surface area contributed by atoms with E-state index in [1.54, 1.807) is 6.92 Å². The fourth-order valence-corrected chi connectivity index (χ4v) is 3.91. The molecule has 1 spiro atoms. The highest BCUT2D eigenvalue weighted by Crippen LogP contribution is 2.40. The molecule has 0 aliphatic carbocycles. The van der Waals surface area contributed by atoms with Gasteiger partial charge in [-0.3, -0.25) is 15.0 Å². The van der Waals surface area contributed by atoms with Gasteiger partial charge >= 0.3 is 0 Å². The molecule has 0 unspecified atom stereocenters. The average Bonchev–Trinajstić information content (AvgIpc) is 2.69. The molecule has 0 amide bonds. The van der Waals surface area contributed by atoms with E-state index in [-0.39, 0.29) is 5.60 Å². The lowest BCUT2D eigenvalue weighted by molar-refractivity contribution is -0.403. The van der Waals surface area contributed by atoms with Crippen LogP contribution in [0.2, 0.25) is 0 Å². The maximum Gasteiger partial charge on any atom is 0.237 e. The van der Waals surface area contributed by atoms with Crippen LogP contribution in [0.1, 0.15) is 46.1 Å². The van der Waals surface area contributed by atoms with Crippen molar-refractivity contribution in [2.75, 3.05) is 13.1 Å². The minimum atomic E-state index is -0.405. The molecule has 0 atom stereocenters. The van der Waals surface area contributed by atoms with Crippen LogP contribution in [0.3, 0.4) is 0 Å². The maximum absolute atomic E-state index is 10.9. The first-order valence-corrected chi connectivity index (χ1v) is 10.2. The molecule has 1 aromatic carbocycles. The van der Waals surface area contributed by atoms with Gasteiger partial charge in [0.25, 0.3) is 0 Å². The van der Waals surface area contributed by atoms with Gasteiger partial charge < -0.3 is 4.74 Å². The van der Waals surface area contributed by atoms with Crippen LogP contribution in [0.15, 0.2) is 76.7 Å². The normalized spacial score (nSPS) is 21.1. The topological polar surface area (TPSA) is 55.6 Å². The molecule has 5 nitrogen and oxygen atoms in total. The molecule has 1 aromatic rings. The quantitative estimate of drug-likeness (QED) is 0.507. The number of allylic oxidation sites excluding steroid dienone is 4. The third-order valence-electron chi connectivity index (χ3n) is 5.82. The van der Waals surface area contributed by atoms with Crippen LogP contribution in [0.4, 0.5) is 0 Å². The molecule has 0 bridgehead atoms. The number of hydrogen-bond donors (Lipinski definition) is 0. The number of hydrogen-bond acceptors (Lipinski definition) is 4. The Morgan fingerprint density at radius 3 is 2.41 bits per heavy atom. The highest BCUT2D eigenvalue weighted by molar-refractivity contribution is 5.49. The largest absolute Gasteiger partial charge is 0.482 e. The molecule has 0 N–H and O–H groups in total. The number of rotatable bonds is 4. The van der Waals surface area contributed by atoms with Crippen molar-refractivity contribution >= 4 is 0 Å². The standard InChI is InChI=1S/C24H30N2O3/c1-18(2)22-10-11-24(29-23(22)20(4)19(3)16-26(27)28)12-14-25(15-13-24)17-21-8-6-5-7-9-21/h5-11,16H,12-15,17H2,1-4H3/b19-16+,23-20+. The van der Waals surface area contributed by atoms with Crippen molar-refractivity contribution in [1.82, 2.24) is 4.90 Å². The van der Waals surface area contributed by atoms with Crippen molar-refractivity contribution in [1.29, 1.82) is 0 Å². The summed E-state index contributed by atoms with van der Waals surface area (Å²) in [7, 11) is 0. The van der Waals surface area contributed by atoms with E-state index >= 15 is 0 Å². The van der Waals surface area contributed by atoms with Gasteiger partial charge in [0.15, 0.2) is 0 Å². The fraction of sp³-hybridized carbons (Fsp3) is 0.417. The Hall–Kier alpha value is -2.66. The fourth-order valence-electron chi connectivity index (χ4n) is 3.91. The summed E-state index contributed by atoms with van der Waals surface area (Å²) >= 11 is 0. The van der Waals surface area contributed by atoms with Gasteiger partial charge in [0.2, 0.25) is 6.20 Å². The first kappa shape index (κ1) is 21.1. The van der Waals surface area contributed by atoms with E-state index in [0.29, 0.717) is 5.57 Å². The predicted molar refractivity (Wildman–Crippen MR) is 116 cm³/mol. The third kappa shape index (κ3) is 5.04. The van der Waals surface area contributed by atoms with E-state index in [1.807, 2.05) is 26.8 Å². The van der Waals surface area contributed by atoms with Crippen molar-refractivity contribution in [3.63, 3.8) is 0 Å². The Kier molecular flexibility index (Phi) is 6.38. The number of nitro groups is 1. The number of piperidine rings is 1. The van der Waals surface area contributed by atoms with Gasteiger partial charge in [0.1, 0.15) is 11.4 Å². The van der Waals surface area contributed by atoms with E-state index < -0.39 is 4.92 Å². The molecule has 5 heteroatoms. The maximum atomic E-state index is 10.9. The highest BCUT2D eigenvalue weighted by Gasteiger charge is 2.38. The summed E-state index contributed by atoms with van der Waals surface area (Å²) in [6.07, 6.45) is 7.20. The van der Waals surface area contributed by atoms with Crippen molar-refractivity contribution in [2.45, 2.75) is 52.7 Å². The Bertz CT molecular complexity index is 882. The lowest BCUT2D eigenvalue weighted by Gasteiger charge is -2.43. The number of ether oxygens (including phenoxy) is 1. The van der Waals surface area contributed by atoms with Crippen LogP contribution in [0.25, 0.3) is 0 Å². The summed E-state index contributed by atoms with van der Waals surface area (Å²) in [6.45, 7) is 10.6. The van der Waals surface area contributed by atoms with Gasteiger partial charge in [-0.2, -0.15) is 0 Å². The van der Waals surface area contributed by atoms with Gasteiger partial charge in [0, 0.05) is 49.2 Å². The molecule has 0 radical (unpaired) electrons.